The monoisotopic (exact) mass is 488 g/mol. The maximum absolute atomic E-state index is 6.05. The van der Waals surface area contributed by atoms with E-state index in [0.717, 1.165) is 39.1 Å². The van der Waals surface area contributed by atoms with Crippen molar-refractivity contribution >= 4 is 39.1 Å². The second-order valence-corrected chi connectivity index (χ2v) is 9.30. The van der Waals surface area contributed by atoms with Crippen LogP contribution >= 0.6 is 0 Å². The molecule has 0 amide bonds. The molecule has 2 heterocycles. The SMILES string of the molecule is c1ccc(-c2ccc(N(c3ccc(-c4ccccc4)cc3)c3cc4c(cn3)oc3ccccc34)cc2)cc1. The molecule has 0 fully saturated rings. The van der Waals surface area contributed by atoms with Crippen LogP contribution in [0.5, 0.6) is 0 Å². The van der Waals surface area contributed by atoms with Crippen LogP contribution in [0.2, 0.25) is 0 Å². The first-order valence-electron chi connectivity index (χ1n) is 12.7. The number of pyridine rings is 1. The second kappa shape index (κ2) is 9.38. The van der Waals surface area contributed by atoms with Gasteiger partial charge in [0, 0.05) is 22.1 Å². The number of furan rings is 1. The summed E-state index contributed by atoms with van der Waals surface area (Å²) in [5, 5.41) is 2.14. The predicted octanol–water partition coefficient (Wildman–Crippen LogP) is 9.78. The maximum atomic E-state index is 6.05. The Kier molecular flexibility index (Phi) is 5.45. The Labute approximate surface area is 221 Å². The molecular formula is C35H24N2O. The zero-order valence-electron chi connectivity index (χ0n) is 20.7. The van der Waals surface area contributed by atoms with Gasteiger partial charge in [0.25, 0.3) is 0 Å². The molecule has 0 bridgehead atoms. The van der Waals surface area contributed by atoms with E-state index in [1.807, 2.05) is 36.5 Å². The molecule has 2 aromatic heterocycles. The van der Waals surface area contributed by atoms with Gasteiger partial charge >= 0.3 is 0 Å². The normalized spacial score (nSPS) is 11.2. The molecular weight excluding hydrogens is 464 g/mol. The first-order chi connectivity index (χ1) is 18.8. The van der Waals surface area contributed by atoms with Gasteiger partial charge in [0.05, 0.1) is 6.20 Å². The molecule has 3 nitrogen and oxygen atoms in total. The molecule has 0 saturated carbocycles. The molecule has 38 heavy (non-hydrogen) atoms. The van der Waals surface area contributed by atoms with Crippen LogP contribution in [0, 0.1) is 0 Å². The van der Waals surface area contributed by atoms with Gasteiger partial charge in [-0.3, -0.25) is 4.90 Å². The first-order valence-corrected chi connectivity index (χ1v) is 12.7. The molecule has 0 aliphatic rings. The zero-order chi connectivity index (χ0) is 25.3. The van der Waals surface area contributed by atoms with E-state index in [2.05, 4.69) is 114 Å². The van der Waals surface area contributed by atoms with Crippen LogP contribution in [0.15, 0.2) is 150 Å². The van der Waals surface area contributed by atoms with E-state index in [9.17, 15) is 0 Å². The van der Waals surface area contributed by atoms with Crippen molar-refractivity contribution in [3.63, 3.8) is 0 Å². The van der Waals surface area contributed by atoms with Gasteiger partial charge in [-0.2, -0.15) is 0 Å². The van der Waals surface area contributed by atoms with Crippen molar-refractivity contribution in [1.82, 2.24) is 4.98 Å². The third kappa shape index (κ3) is 4.00. The number of hydrogen-bond donors (Lipinski definition) is 0. The van der Waals surface area contributed by atoms with Crippen LogP contribution in [0.3, 0.4) is 0 Å². The molecule has 7 rings (SSSR count). The van der Waals surface area contributed by atoms with Crippen molar-refractivity contribution in [1.29, 1.82) is 0 Å². The lowest BCUT2D eigenvalue weighted by atomic mass is 10.0. The van der Waals surface area contributed by atoms with E-state index in [-0.39, 0.29) is 0 Å². The largest absolute Gasteiger partial charge is 0.454 e. The van der Waals surface area contributed by atoms with E-state index >= 15 is 0 Å². The molecule has 0 aliphatic carbocycles. The van der Waals surface area contributed by atoms with E-state index in [4.69, 9.17) is 9.40 Å². The highest BCUT2D eigenvalue weighted by Gasteiger charge is 2.17. The first kappa shape index (κ1) is 22.1. The number of rotatable bonds is 5. The molecule has 0 unspecified atom stereocenters. The van der Waals surface area contributed by atoms with Crippen LogP contribution in [-0.2, 0) is 0 Å². The Hall–Kier alpha value is -5.15. The summed E-state index contributed by atoms with van der Waals surface area (Å²) < 4.78 is 6.05. The third-order valence-electron chi connectivity index (χ3n) is 6.94. The molecule has 0 radical (unpaired) electrons. The van der Waals surface area contributed by atoms with Gasteiger partial charge in [-0.05, 0) is 58.7 Å². The van der Waals surface area contributed by atoms with E-state index in [1.165, 1.54) is 22.3 Å². The Bertz CT molecular complexity index is 1760. The molecule has 0 saturated heterocycles. The average molecular weight is 489 g/mol. The van der Waals surface area contributed by atoms with Crippen molar-refractivity contribution in [3.8, 4) is 22.3 Å². The molecule has 0 N–H and O–H groups in total. The predicted molar refractivity (Wildman–Crippen MR) is 157 cm³/mol. The third-order valence-corrected chi connectivity index (χ3v) is 6.94. The van der Waals surface area contributed by atoms with Crippen LogP contribution in [0.1, 0.15) is 0 Å². The molecule has 3 heteroatoms. The standard InChI is InChI=1S/C35H24N2O/c1-3-9-25(10-4-1)27-15-19-29(20-16-27)37(30-21-17-28(18-22-30)26-11-5-2-6-12-26)35-23-32-31-13-7-8-14-33(31)38-34(32)24-36-35/h1-24H. The fourth-order valence-electron chi connectivity index (χ4n) is 5.02. The van der Waals surface area contributed by atoms with Gasteiger partial charge in [0.2, 0.25) is 0 Å². The lowest BCUT2D eigenvalue weighted by Crippen LogP contribution is -2.11. The summed E-state index contributed by atoms with van der Waals surface area (Å²) in [7, 11) is 0. The highest BCUT2D eigenvalue weighted by molar-refractivity contribution is 6.05. The second-order valence-electron chi connectivity index (χ2n) is 9.30. The Morgan fingerprint density at radius 3 is 1.53 bits per heavy atom. The van der Waals surface area contributed by atoms with E-state index in [1.54, 1.807) is 0 Å². The van der Waals surface area contributed by atoms with Crippen molar-refractivity contribution in [2.75, 3.05) is 4.90 Å². The molecule has 0 aliphatic heterocycles. The number of aromatic nitrogens is 1. The van der Waals surface area contributed by atoms with Crippen LogP contribution in [-0.4, -0.2) is 4.98 Å². The minimum absolute atomic E-state index is 0.786. The smallest absolute Gasteiger partial charge is 0.153 e. The lowest BCUT2D eigenvalue weighted by molar-refractivity contribution is 0.667. The van der Waals surface area contributed by atoms with Gasteiger partial charge < -0.3 is 4.42 Å². The summed E-state index contributed by atoms with van der Waals surface area (Å²) in [5.74, 6) is 0.837. The Morgan fingerprint density at radius 2 is 0.947 bits per heavy atom. The topological polar surface area (TPSA) is 29.3 Å². The summed E-state index contributed by atoms with van der Waals surface area (Å²) in [6.07, 6.45) is 1.83. The highest BCUT2D eigenvalue weighted by atomic mass is 16.3. The number of para-hydroxylation sites is 1. The number of anilines is 3. The fourth-order valence-corrected chi connectivity index (χ4v) is 5.02. The number of benzene rings is 5. The van der Waals surface area contributed by atoms with Crippen molar-refractivity contribution in [2.24, 2.45) is 0 Å². The highest BCUT2D eigenvalue weighted by Crippen LogP contribution is 2.38. The molecule has 180 valence electrons. The zero-order valence-corrected chi connectivity index (χ0v) is 20.7. The van der Waals surface area contributed by atoms with Gasteiger partial charge in [0.15, 0.2) is 5.58 Å². The minimum atomic E-state index is 0.786. The molecule has 7 aromatic rings. The van der Waals surface area contributed by atoms with Gasteiger partial charge in [-0.15, -0.1) is 0 Å². The molecule has 0 spiro atoms. The van der Waals surface area contributed by atoms with Gasteiger partial charge in [-0.25, -0.2) is 4.98 Å². The number of nitrogens with zero attached hydrogens (tertiary/aromatic N) is 2. The summed E-state index contributed by atoms with van der Waals surface area (Å²) in [4.78, 5) is 7.05. The molecule has 0 atom stereocenters. The summed E-state index contributed by atoms with van der Waals surface area (Å²) >= 11 is 0. The van der Waals surface area contributed by atoms with Crippen molar-refractivity contribution in [3.05, 3.63) is 146 Å². The molecule has 5 aromatic carbocycles. The summed E-state index contributed by atoms with van der Waals surface area (Å²) in [6, 6.07) is 48.5. The summed E-state index contributed by atoms with van der Waals surface area (Å²) in [5.41, 5.74) is 8.48. The number of fused-ring (bicyclic) bond motifs is 3. The summed E-state index contributed by atoms with van der Waals surface area (Å²) in [6.45, 7) is 0. The lowest BCUT2D eigenvalue weighted by Gasteiger charge is -2.25. The quantitative estimate of drug-likeness (QED) is 0.241. The van der Waals surface area contributed by atoms with E-state index in [0.29, 0.717) is 0 Å². The number of hydrogen-bond acceptors (Lipinski definition) is 3. The fraction of sp³-hybridized carbons (Fsp3) is 0. The van der Waals surface area contributed by atoms with E-state index < -0.39 is 0 Å². The van der Waals surface area contributed by atoms with Crippen molar-refractivity contribution < 1.29 is 4.42 Å². The van der Waals surface area contributed by atoms with Gasteiger partial charge in [0.1, 0.15) is 11.4 Å². The van der Waals surface area contributed by atoms with Gasteiger partial charge in [-0.1, -0.05) is 103 Å². The maximum Gasteiger partial charge on any atom is 0.153 e. The van der Waals surface area contributed by atoms with Crippen LogP contribution in [0.4, 0.5) is 17.2 Å². The van der Waals surface area contributed by atoms with Crippen molar-refractivity contribution in [2.45, 2.75) is 0 Å². The van der Waals surface area contributed by atoms with Crippen LogP contribution in [0.25, 0.3) is 44.2 Å². The van der Waals surface area contributed by atoms with Crippen LogP contribution < -0.4 is 4.90 Å². The Morgan fingerprint density at radius 1 is 0.447 bits per heavy atom. The average Bonchev–Trinajstić information content (AvgIpc) is 3.37. The Balaban J connectivity index is 1.35. The minimum Gasteiger partial charge on any atom is -0.454 e.